The molecule has 1 aromatic heterocycles. The van der Waals surface area contributed by atoms with E-state index >= 15 is 0 Å². The quantitative estimate of drug-likeness (QED) is 0.587. The van der Waals surface area contributed by atoms with Gasteiger partial charge in [0.2, 0.25) is 0 Å². The highest BCUT2D eigenvalue weighted by Crippen LogP contribution is 2.38. The number of fused-ring (bicyclic) bond motifs is 1. The summed E-state index contributed by atoms with van der Waals surface area (Å²) in [6, 6.07) is 4.87. The number of rotatable bonds is 7. The van der Waals surface area contributed by atoms with Crippen LogP contribution in [0.1, 0.15) is 82.5 Å². The number of nitrogens with zero attached hydrogens (tertiary/aromatic N) is 2. The Morgan fingerprint density at radius 3 is 2.69 bits per heavy atom. The fraction of sp³-hybridized carbons (Fsp3) is 0.538. The van der Waals surface area contributed by atoms with E-state index in [9.17, 15) is 14.4 Å². The molecule has 2 N–H and O–H groups in total. The minimum atomic E-state index is -0.455. The summed E-state index contributed by atoms with van der Waals surface area (Å²) in [5.41, 5.74) is 3.04. The summed E-state index contributed by atoms with van der Waals surface area (Å²) in [7, 11) is 0. The molecule has 188 valence electrons. The highest BCUT2D eigenvalue weighted by Gasteiger charge is 2.40. The third kappa shape index (κ3) is 4.96. The Morgan fingerprint density at radius 2 is 2.00 bits per heavy atom. The van der Waals surface area contributed by atoms with Crippen molar-refractivity contribution in [3.63, 3.8) is 0 Å². The maximum Gasteiger partial charge on any atom is 0.338 e. The monoisotopic (exact) mass is 482 g/mol. The number of nitrogens with one attached hydrogen (secondary N) is 2. The number of benzene rings is 1. The summed E-state index contributed by atoms with van der Waals surface area (Å²) in [5.74, 6) is -0.871. The number of esters is 1. The van der Waals surface area contributed by atoms with E-state index in [2.05, 4.69) is 10.6 Å². The molecule has 0 radical (unpaired) electrons. The van der Waals surface area contributed by atoms with E-state index in [1.54, 1.807) is 22.9 Å². The van der Waals surface area contributed by atoms with E-state index in [1.807, 2.05) is 20.8 Å². The molecule has 0 unspecified atom stereocenters. The molecule has 9 heteroatoms. The smallest absolute Gasteiger partial charge is 0.338 e. The molecule has 0 aliphatic carbocycles. The highest BCUT2D eigenvalue weighted by atomic mass is 16.5. The Kier molecular flexibility index (Phi) is 7.54. The molecule has 1 fully saturated rings. The van der Waals surface area contributed by atoms with Gasteiger partial charge in [-0.05, 0) is 62.6 Å². The average Bonchev–Trinajstić information content (AvgIpc) is 3.17. The summed E-state index contributed by atoms with van der Waals surface area (Å²) in [4.78, 5) is 38.9. The molecule has 0 saturated carbocycles. The van der Waals surface area contributed by atoms with Gasteiger partial charge in [0.15, 0.2) is 0 Å². The number of aromatic nitrogens is 2. The van der Waals surface area contributed by atoms with Crippen LogP contribution in [-0.4, -0.2) is 60.5 Å². The van der Waals surface area contributed by atoms with Crippen molar-refractivity contribution in [2.45, 2.75) is 52.9 Å². The number of hydrogen-bond donors (Lipinski definition) is 2. The topological polar surface area (TPSA) is 112 Å². The van der Waals surface area contributed by atoms with Crippen LogP contribution in [0.2, 0.25) is 0 Å². The van der Waals surface area contributed by atoms with Gasteiger partial charge in [-0.15, -0.1) is 0 Å². The first kappa shape index (κ1) is 24.9. The fourth-order valence-electron chi connectivity index (χ4n) is 4.87. The van der Waals surface area contributed by atoms with Gasteiger partial charge in [-0.25, -0.2) is 9.48 Å². The second-order valence-corrected chi connectivity index (χ2v) is 9.23. The lowest BCUT2D eigenvalue weighted by Crippen LogP contribution is -2.40. The number of carbonyl (C=O) groups excluding carboxylic acids is 3. The summed E-state index contributed by atoms with van der Waals surface area (Å²) >= 11 is 0. The van der Waals surface area contributed by atoms with Crippen LogP contribution in [0.5, 0.6) is 0 Å². The van der Waals surface area contributed by atoms with Crippen LogP contribution in [0.15, 0.2) is 18.2 Å². The number of amides is 2. The van der Waals surface area contributed by atoms with Crippen LogP contribution in [0.3, 0.4) is 0 Å². The Balaban J connectivity index is 1.89. The van der Waals surface area contributed by atoms with Gasteiger partial charge in [-0.2, -0.15) is 5.10 Å². The first-order valence-electron chi connectivity index (χ1n) is 12.5. The minimum absolute atomic E-state index is 0.147. The number of aryl methyl sites for hydroxylation is 1. The fourth-order valence-corrected chi connectivity index (χ4v) is 4.87. The Labute approximate surface area is 205 Å². The molecular weight excluding hydrogens is 448 g/mol. The van der Waals surface area contributed by atoms with Crippen molar-refractivity contribution in [3.8, 4) is 5.69 Å². The molecule has 2 aliphatic heterocycles. The predicted molar refractivity (Wildman–Crippen MR) is 130 cm³/mol. The maximum absolute atomic E-state index is 13.2. The van der Waals surface area contributed by atoms with Crippen molar-refractivity contribution < 1.29 is 23.9 Å². The van der Waals surface area contributed by atoms with Crippen LogP contribution in [0.4, 0.5) is 0 Å². The number of carbonyl (C=O) groups is 3. The standard InChI is InChI=1S/C26H34N4O5/c1-4-11-35-25(33)17-7-8-18(23(31)27-6-3)20(14-17)30-21-15-26(9-12-34-13-10-26)16-28-24(32)22(21)19(5-2)29-30/h7-8,14H,4-6,9-13,15-16H2,1-3H3,(H,27,31)(H,28,32). The van der Waals surface area contributed by atoms with Gasteiger partial charge in [0.05, 0.1) is 40.4 Å². The summed E-state index contributed by atoms with van der Waals surface area (Å²) in [5, 5.41) is 10.8. The normalized spacial score (nSPS) is 16.8. The molecular formula is C26H34N4O5. The molecule has 4 rings (SSSR count). The van der Waals surface area contributed by atoms with Crippen molar-refractivity contribution >= 4 is 17.8 Å². The lowest BCUT2D eigenvalue weighted by Gasteiger charge is -2.36. The minimum Gasteiger partial charge on any atom is -0.462 e. The van der Waals surface area contributed by atoms with E-state index in [0.717, 1.165) is 18.5 Å². The molecule has 3 heterocycles. The van der Waals surface area contributed by atoms with Crippen molar-refractivity contribution in [3.05, 3.63) is 46.3 Å². The number of ether oxygens (including phenoxy) is 2. The SMILES string of the molecule is CCCOC(=O)c1ccc(C(=O)NCC)c(-n2nc(CC)c3c2CC2(CCOCC2)CNC3=O)c1. The van der Waals surface area contributed by atoms with Gasteiger partial charge >= 0.3 is 5.97 Å². The van der Waals surface area contributed by atoms with Gasteiger partial charge < -0.3 is 20.1 Å². The van der Waals surface area contributed by atoms with Crippen molar-refractivity contribution in [1.29, 1.82) is 0 Å². The molecule has 0 atom stereocenters. The molecule has 1 spiro atoms. The first-order valence-corrected chi connectivity index (χ1v) is 12.5. The van der Waals surface area contributed by atoms with Gasteiger partial charge in [0.25, 0.3) is 11.8 Å². The molecule has 2 aromatic rings. The van der Waals surface area contributed by atoms with Crippen molar-refractivity contribution in [2.75, 3.05) is 32.9 Å². The molecule has 35 heavy (non-hydrogen) atoms. The van der Waals surface area contributed by atoms with Crippen LogP contribution >= 0.6 is 0 Å². The molecule has 9 nitrogen and oxygen atoms in total. The lowest BCUT2D eigenvalue weighted by molar-refractivity contribution is 0.0155. The van der Waals surface area contributed by atoms with E-state index in [-0.39, 0.29) is 17.2 Å². The van der Waals surface area contributed by atoms with Crippen LogP contribution < -0.4 is 10.6 Å². The van der Waals surface area contributed by atoms with E-state index < -0.39 is 5.97 Å². The second-order valence-electron chi connectivity index (χ2n) is 9.23. The molecule has 2 aliphatic rings. The molecule has 2 amide bonds. The summed E-state index contributed by atoms with van der Waals surface area (Å²) in [6.45, 7) is 8.36. The van der Waals surface area contributed by atoms with E-state index in [0.29, 0.717) is 80.2 Å². The van der Waals surface area contributed by atoms with Gasteiger partial charge in [0.1, 0.15) is 0 Å². The third-order valence-corrected chi connectivity index (χ3v) is 6.82. The Hall–Kier alpha value is -3.20. The largest absolute Gasteiger partial charge is 0.462 e. The molecule has 1 saturated heterocycles. The van der Waals surface area contributed by atoms with Crippen LogP contribution in [-0.2, 0) is 22.3 Å². The summed E-state index contributed by atoms with van der Waals surface area (Å²) < 4.78 is 12.6. The summed E-state index contributed by atoms with van der Waals surface area (Å²) in [6.07, 6.45) is 3.55. The first-order chi connectivity index (χ1) is 16.9. The number of hydrogen-bond acceptors (Lipinski definition) is 6. The van der Waals surface area contributed by atoms with Crippen molar-refractivity contribution in [2.24, 2.45) is 5.41 Å². The van der Waals surface area contributed by atoms with E-state index in [4.69, 9.17) is 14.6 Å². The van der Waals surface area contributed by atoms with Crippen LogP contribution in [0, 0.1) is 5.41 Å². The zero-order chi connectivity index (χ0) is 25.0. The third-order valence-electron chi connectivity index (χ3n) is 6.82. The van der Waals surface area contributed by atoms with Gasteiger partial charge in [-0.3, -0.25) is 9.59 Å². The lowest BCUT2D eigenvalue weighted by atomic mass is 9.76. The van der Waals surface area contributed by atoms with Gasteiger partial charge in [-0.1, -0.05) is 13.8 Å². The van der Waals surface area contributed by atoms with E-state index in [1.165, 1.54) is 0 Å². The van der Waals surface area contributed by atoms with Crippen molar-refractivity contribution in [1.82, 2.24) is 20.4 Å². The zero-order valence-electron chi connectivity index (χ0n) is 20.7. The van der Waals surface area contributed by atoms with Gasteiger partial charge in [0, 0.05) is 26.3 Å². The second kappa shape index (κ2) is 10.6. The molecule has 1 aromatic carbocycles. The molecule has 0 bridgehead atoms. The highest BCUT2D eigenvalue weighted by molar-refractivity contribution is 6.01. The Morgan fingerprint density at radius 1 is 1.23 bits per heavy atom. The predicted octanol–water partition coefficient (Wildman–Crippen LogP) is 2.83. The van der Waals surface area contributed by atoms with Crippen LogP contribution in [0.25, 0.3) is 5.69 Å². The zero-order valence-corrected chi connectivity index (χ0v) is 20.7. The maximum atomic E-state index is 13.2. The average molecular weight is 483 g/mol. The Bertz CT molecular complexity index is 1120.